The van der Waals surface area contributed by atoms with Gasteiger partial charge in [-0.3, -0.25) is 14.5 Å². The Morgan fingerprint density at radius 2 is 1.69 bits per heavy atom. The fourth-order valence-corrected chi connectivity index (χ4v) is 4.79. The third-order valence-electron chi connectivity index (χ3n) is 6.49. The monoisotopic (exact) mass is 363 g/mol. The Hall–Kier alpha value is -1.59. The molecule has 0 atom stereocenters. The summed E-state index contributed by atoms with van der Waals surface area (Å²) in [5, 5.41) is 2.90. The molecule has 26 heavy (non-hydrogen) atoms. The van der Waals surface area contributed by atoms with Crippen LogP contribution in [0.2, 0.25) is 0 Å². The minimum absolute atomic E-state index is 0.0826. The van der Waals surface area contributed by atoms with Crippen molar-refractivity contribution in [3.63, 3.8) is 0 Å². The second kappa shape index (κ2) is 8.40. The lowest BCUT2D eigenvalue weighted by Gasteiger charge is -2.30. The summed E-state index contributed by atoms with van der Waals surface area (Å²) >= 11 is 0. The lowest BCUT2D eigenvalue weighted by molar-refractivity contribution is -0.134. The van der Waals surface area contributed by atoms with Crippen molar-refractivity contribution in [2.45, 2.75) is 95.1 Å². The highest BCUT2D eigenvalue weighted by molar-refractivity contribution is 6.07. The molecule has 6 heteroatoms. The van der Waals surface area contributed by atoms with Crippen molar-refractivity contribution in [2.75, 3.05) is 13.6 Å². The molecule has 0 radical (unpaired) electrons. The van der Waals surface area contributed by atoms with E-state index in [9.17, 15) is 14.4 Å². The van der Waals surface area contributed by atoms with Crippen molar-refractivity contribution < 1.29 is 14.4 Å². The molecule has 2 saturated carbocycles. The molecular formula is C20H33N3O3. The first-order valence-electron chi connectivity index (χ1n) is 10.4. The van der Waals surface area contributed by atoms with Crippen LogP contribution < -0.4 is 5.32 Å². The van der Waals surface area contributed by atoms with Crippen LogP contribution in [0.1, 0.15) is 83.5 Å². The molecule has 1 heterocycles. The first-order chi connectivity index (χ1) is 12.5. The first-order valence-corrected chi connectivity index (χ1v) is 10.4. The van der Waals surface area contributed by atoms with E-state index in [0.29, 0.717) is 25.4 Å². The largest absolute Gasteiger partial charge is 0.343 e. The number of rotatable bonds is 5. The van der Waals surface area contributed by atoms with Gasteiger partial charge in [-0.15, -0.1) is 0 Å². The van der Waals surface area contributed by atoms with Crippen molar-refractivity contribution in [1.82, 2.24) is 15.1 Å². The standard InChI is InChI=1S/C20H33N3O3/c1-22(16-10-5-3-2-4-6-11-16)17(24)12-9-15-23-18(25)20(21-19(23)26)13-7-8-14-20/h16H,2-15H2,1H3,(H,21,26). The third kappa shape index (κ3) is 4.04. The molecule has 0 aromatic rings. The van der Waals surface area contributed by atoms with Gasteiger partial charge in [-0.2, -0.15) is 0 Å². The van der Waals surface area contributed by atoms with Crippen LogP contribution in [-0.2, 0) is 9.59 Å². The molecule has 6 nitrogen and oxygen atoms in total. The van der Waals surface area contributed by atoms with Gasteiger partial charge in [-0.05, 0) is 32.1 Å². The van der Waals surface area contributed by atoms with Crippen molar-refractivity contribution in [1.29, 1.82) is 0 Å². The number of carbonyl (C=O) groups is 3. The maximum Gasteiger partial charge on any atom is 0.325 e. The molecule has 146 valence electrons. The zero-order valence-corrected chi connectivity index (χ0v) is 16.1. The summed E-state index contributed by atoms with van der Waals surface area (Å²) in [6, 6.07) is 0.0685. The molecule has 0 aromatic heterocycles. The van der Waals surface area contributed by atoms with Crippen LogP contribution >= 0.6 is 0 Å². The van der Waals surface area contributed by atoms with E-state index in [1.54, 1.807) is 0 Å². The molecule has 1 spiro atoms. The number of nitrogens with one attached hydrogen (secondary N) is 1. The number of carbonyl (C=O) groups excluding carboxylic acids is 3. The summed E-state index contributed by atoms with van der Waals surface area (Å²) in [7, 11) is 1.91. The summed E-state index contributed by atoms with van der Waals surface area (Å²) in [5.41, 5.74) is -0.642. The molecule has 0 unspecified atom stereocenters. The van der Waals surface area contributed by atoms with Gasteiger partial charge in [0.15, 0.2) is 0 Å². The maximum absolute atomic E-state index is 12.6. The van der Waals surface area contributed by atoms with Gasteiger partial charge in [0, 0.05) is 26.1 Å². The number of hydrogen-bond donors (Lipinski definition) is 1. The average molecular weight is 364 g/mol. The Bertz CT molecular complexity index is 534. The van der Waals surface area contributed by atoms with Crippen molar-refractivity contribution in [3.8, 4) is 0 Å². The zero-order valence-electron chi connectivity index (χ0n) is 16.1. The predicted molar refractivity (Wildman–Crippen MR) is 99.6 cm³/mol. The van der Waals surface area contributed by atoms with Crippen LogP contribution in [0.4, 0.5) is 4.79 Å². The fourth-order valence-electron chi connectivity index (χ4n) is 4.79. The first kappa shape index (κ1) is 19.2. The van der Waals surface area contributed by atoms with E-state index in [2.05, 4.69) is 5.32 Å². The van der Waals surface area contributed by atoms with Gasteiger partial charge in [0.1, 0.15) is 5.54 Å². The second-order valence-electron chi connectivity index (χ2n) is 8.28. The molecule has 3 aliphatic rings. The highest BCUT2D eigenvalue weighted by Gasteiger charge is 2.52. The van der Waals surface area contributed by atoms with E-state index in [1.165, 1.54) is 37.0 Å². The summed E-state index contributed by atoms with van der Waals surface area (Å²) in [4.78, 5) is 40.6. The summed E-state index contributed by atoms with van der Waals surface area (Å²) in [5.74, 6) is 0.0547. The van der Waals surface area contributed by atoms with E-state index < -0.39 is 5.54 Å². The quantitative estimate of drug-likeness (QED) is 0.763. The molecule has 0 aromatic carbocycles. The topological polar surface area (TPSA) is 69.7 Å². The minimum Gasteiger partial charge on any atom is -0.343 e. The molecule has 1 saturated heterocycles. The smallest absolute Gasteiger partial charge is 0.325 e. The zero-order chi connectivity index (χ0) is 18.6. The van der Waals surface area contributed by atoms with Crippen LogP contribution in [0.15, 0.2) is 0 Å². The van der Waals surface area contributed by atoms with E-state index in [-0.39, 0.29) is 17.8 Å². The molecular weight excluding hydrogens is 330 g/mol. The van der Waals surface area contributed by atoms with Crippen molar-refractivity contribution in [3.05, 3.63) is 0 Å². The van der Waals surface area contributed by atoms with Crippen molar-refractivity contribution >= 4 is 17.8 Å². The number of nitrogens with zero attached hydrogens (tertiary/aromatic N) is 2. The van der Waals surface area contributed by atoms with E-state index in [0.717, 1.165) is 38.5 Å². The highest BCUT2D eigenvalue weighted by atomic mass is 16.2. The fraction of sp³-hybridized carbons (Fsp3) is 0.850. The van der Waals surface area contributed by atoms with Gasteiger partial charge in [0.2, 0.25) is 5.91 Å². The Labute approximate surface area is 156 Å². The number of imide groups is 1. The normalized spacial score (nSPS) is 23.8. The van der Waals surface area contributed by atoms with Gasteiger partial charge in [0.05, 0.1) is 0 Å². The molecule has 4 amide bonds. The van der Waals surface area contributed by atoms with Crippen LogP contribution in [0.25, 0.3) is 0 Å². The minimum atomic E-state index is -0.642. The van der Waals surface area contributed by atoms with E-state index in [1.807, 2.05) is 11.9 Å². The summed E-state index contributed by atoms with van der Waals surface area (Å²) < 4.78 is 0. The predicted octanol–water partition coefficient (Wildman–Crippen LogP) is 3.20. The Morgan fingerprint density at radius 1 is 1.08 bits per heavy atom. The summed E-state index contributed by atoms with van der Waals surface area (Å²) in [6.07, 6.45) is 12.9. The van der Waals surface area contributed by atoms with Gasteiger partial charge < -0.3 is 10.2 Å². The van der Waals surface area contributed by atoms with Gasteiger partial charge >= 0.3 is 6.03 Å². The van der Waals surface area contributed by atoms with Crippen LogP contribution in [0.5, 0.6) is 0 Å². The summed E-state index contributed by atoms with van der Waals surface area (Å²) in [6.45, 7) is 0.344. The Balaban J connectivity index is 1.45. The number of amides is 4. The van der Waals surface area contributed by atoms with E-state index >= 15 is 0 Å². The lowest BCUT2D eigenvalue weighted by Crippen LogP contribution is -2.44. The molecule has 3 rings (SSSR count). The Kier molecular flexibility index (Phi) is 6.20. The third-order valence-corrected chi connectivity index (χ3v) is 6.49. The lowest BCUT2D eigenvalue weighted by atomic mass is 9.95. The van der Waals surface area contributed by atoms with Crippen molar-refractivity contribution in [2.24, 2.45) is 0 Å². The molecule has 1 aliphatic heterocycles. The van der Waals surface area contributed by atoms with Gasteiger partial charge in [-0.1, -0.05) is 44.9 Å². The second-order valence-corrected chi connectivity index (χ2v) is 8.28. The molecule has 3 fully saturated rings. The highest BCUT2D eigenvalue weighted by Crippen LogP contribution is 2.35. The Morgan fingerprint density at radius 3 is 2.35 bits per heavy atom. The average Bonchev–Trinajstić information content (AvgIpc) is 3.14. The number of urea groups is 1. The maximum atomic E-state index is 12.6. The van der Waals surface area contributed by atoms with Gasteiger partial charge in [0.25, 0.3) is 5.91 Å². The SMILES string of the molecule is CN(C(=O)CCCN1C(=O)NC2(CCCC2)C1=O)C1CCCCCCC1. The van der Waals surface area contributed by atoms with Crippen LogP contribution in [0, 0.1) is 0 Å². The molecule has 0 bridgehead atoms. The van der Waals surface area contributed by atoms with Crippen LogP contribution in [-0.4, -0.2) is 52.8 Å². The van der Waals surface area contributed by atoms with Gasteiger partial charge in [-0.25, -0.2) is 4.79 Å². The number of hydrogen-bond acceptors (Lipinski definition) is 3. The van der Waals surface area contributed by atoms with Crippen LogP contribution in [0.3, 0.4) is 0 Å². The molecule has 2 aliphatic carbocycles. The van der Waals surface area contributed by atoms with E-state index in [4.69, 9.17) is 0 Å². The molecule has 1 N–H and O–H groups in total.